The van der Waals surface area contributed by atoms with Gasteiger partial charge in [0.1, 0.15) is 30.2 Å². The Kier molecular flexibility index (Phi) is 10.3. The molecule has 0 radical (unpaired) electrons. The summed E-state index contributed by atoms with van der Waals surface area (Å²) in [5.41, 5.74) is 3.25. The molecule has 4 N–H and O–H groups in total. The molecule has 1 heterocycles. The summed E-state index contributed by atoms with van der Waals surface area (Å²) in [6, 6.07) is 20.6. The first-order valence-corrected chi connectivity index (χ1v) is 14.4. The summed E-state index contributed by atoms with van der Waals surface area (Å²) in [4.78, 5) is 12.6. The molecular formula is C30H34ClNO6S. The van der Waals surface area contributed by atoms with Gasteiger partial charge in [0.25, 0.3) is 0 Å². The summed E-state index contributed by atoms with van der Waals surface area (Å²) in [6.07, 6.45) is -4.59. The van der Waals surface area contributed by atoms with Crippen LogP contribution < -0.4 is 10.1 Å². The third-order valence-electron chi connectivity index (χ3n) is 6.59. The Labute approximate surface area is 238 Å². The Balaban J connectivity index is 1.47. The van der Waals surface area contributed by atoms with Crippen LogP contribution in [0.5, 0.6) is 5.75 Å². The molecule has 0 bridgehead atoms. The fourth-order valence-electron chi connectivity index (χ4n) is 4.45. The number of thioether (sulfide) groups is 1. The number of anilines is 1. The van der Waals surface area contributed by atoms with Crippen molar-refractivity contribution in [2.45, 2.75) is 62.1 Å². The van der Waals surface area contributed by atoms with Gasteiger partial charge in [-0.2, -0.15) is 0 Å². The van der Waals surface area contributed by atoms with Crippen molar-refractivity contribution in [2.24, 2.45) is 0 Å². The van der Waals surface area contributed by atoms with E-state index < -0.39 is 30.5 Å². The second kappa shape index (κ2) is 13.7. The van der Waals surface area contributed by atoms with Crippen molar-refractivity contribution in [3.63, 3.8) is 0 Å². The molecular weight excluding hydrogens is 538 g/mol. The molecule has 1 aliphatic heterocycles. The number of aliphatic hydroxyl groups is 3. The fraction of sp³-hybridized carbons (Fsp3) is 0.367. The average Bonchev–Trinajstić information content (AvgIpc) is 2.94. The van der Waals surface area contributed by atoms with Crippen LogP contribution in [0.15, 0.2) is 71.6 Å². The number of halogens is 1. The van der Waals surface area contributed by atoms with Gasteiger partial charge in [-0.3, -0.25) is 4.79 Å². The zero-order valence-electron chi connectivity index (χ0n) is 21.9. The molecule has 0 unspecified atom stereocenters. The highest BCUT2D eigenvalue weighted by molar-refractivity contribution is 7.99. The Morgan fingerprint density at radius 3 is 2.49 bits per heavy atom. The van der Waals surface area contributed by atoms with Crippen molar-refractivity contribution in [2.75, 3.05) is 17.7 Å². The molecule has 0 spiro atoms. The molecule has 1 fully saturated rings. The van der Waals surface area contributed by atoms with Gasteiger partial charge in [-0.15, -0.1) is 11.8 Å². The molecule has 0 aromatic heterocycles. The standard InChI is InChI=1S/C30H34ClNO6S/c1-3-26(33)32-21-6-5-7-23(16-21)39-17-25-27(34)28(35)29(36)30(38-25)19-10-13-24(31)20(15-19)14-18-8-11-22(12-9-18)37-4-2/h5-13,15-16,25,27-30,34-36H,3-4,14,17H2,1-2H3,(H,32,33)/t25-,27+,28-,29-,30+/m1/s1. The number of hydrogen-bond acceptors (Lipinski definition) is 7. The van der Waals surface area contributed by atoms with E-state index >= 15 is 0 Å². The summed E-state index contributed by atoms with van der Waals surface area (Å²) in [5.74, 6) is 1.06. The molecule has 4 rings (SSSR count). The van der Waals surface area contributed by atoms with Gasteiger partial charge < -0.3 is 30.1 Å². The molecule has 3 aromatic carbocycles. The van der Waals surface area contributed by atoms with E-state index in [0.717, 1.165) is 21.8 Å². The van der Waals surface area contributed by atoms with Crippen molar-refractivity contribution in [3.05, 3.63) is 88.4 Å². The van der Waals surface area contributed by atoms with Crippen LogP contribution >= 0.6 is 23.4 Å². The van der Waals surface area contributed by atoms with Crippen LogP contribution in [0.25, 0.3) is 0 Å². The zero-order valence-corrected chi connectivity index (χ0v) is 23.5. The first-order chi connectivity index (χ1) is 18.8. The Hall–Kier alpha value is -2.59. The van der Waals surface area contributed by atoms with Crippen molar-refractivity contribution < 1.29 is 29.6 Å². The number of rotatable bonds is 10. The van der Waals surface area contributed by atoms with E-state index in [1.165, 1.54) is 11.8 Å². The van der Waals surface area contributed by atoms with Crippen LogP contribution in [0, 0.1) is 0 Å². The molecule has 5 atom stereocenters. The summed E-state index contributed by atoms with van der Waals surface area (Å²) >= 11 is 7.94. The van der Waals surface area contributed by atoms with Gasteiger partial charge in [0.15, 0.2) is 0 Å². The number of nitrogens with one attached hydrogen (secondary N) is 1. The number of amides is 1. The first-order valence-electron chi connectivity index (χ1n) is 13.0. The Bertz CT molecular complexity index is 1260. The van der Waals surface area contributed by atoms with Crippen molar-refractivity contribution in [1.29, 1.82) is 0 Å². The number of hydrogen-bond donors (Lipinski definition) is 4. The van der Waals surface area contributed by atoms with E-state index in [4.69, 9.17) is 21.1 Å². The average molecular weight is 572 g/mol. The Morgan fingerprint density at radius 2 is 1.77 bits per heavy atom. The van der Waals surface area contributed by atoms with E-state index in [0.29, 0.717) is 41.5 Å². The summed E-state index contributed by atoms with van der Waals surface area (Å²) in [6.45, 7) is 4.32. The molecule has 1 saturated heterocycles. The lowest BCUT2D eigenvalue weighted by Gasteiger charge is -2.41. The minimum Gasteiger partial charge on any atom is -0.494 e. The lowest BCUT2D eigenvalue weighted by Crippen LogP contribution is -2.54. The predicted molar refractivity (Wildman–Crippen MR) is 154 cm³/mol. The van der Waals surface area contributed by atoms with Crippen LogP contribution in [-0.4, -0.2) is 58.0 Å². The minimum absolute atomic E-state index is 0.0759. The van der Waals surface area contributed by atoms with Gasteiger partial charge in [-0.1, -0.05) is 48.9 Å². The SMILES string of the molecule is CCOc1ccc(Cc2cc([C@@H]3O[C@H](CSc4cccc(NC(=O)CC)c4)[C@H](O)[C@@H](O)[C@H]3O)ccc2Cl)cc1. The lowest BCUT2D eigenvalue weighted by atomic mass is 9.90. The molecule has 39 heavy (non-hydrogen) atoms. The van der Waals surface area contributed by atoms with Gasteiger partial charge in [0.05, 0.1) is 12.7 Å². The number of benzene rings is 3. The summed E-state index contributed by atoms with van der Waals surface area (Å²) in [5, 5.41) is 35.6. The molecule has 9 heteroatoms. The van der Waals surface area contributed by atoms with Crippen LogP contribution in [0.2, 0.25) is 5.02 Å². The molecule has 1 aliphatic rings. The molecule has 0 saturated carbocycles. The monoisotopic (exact) mass is 571 g/mol. The maximum absolute atomic E-state index is 11.7. The van der Waals surface area contributed by atoms with E-state index in [1.54, 1.807) is 19.1 Å². The van der Waals surface area contributed by atoms with Crippen molar-refractivity contribution in [1.82, 2.24) is 0 Å². The Morgan fingerprint density at radius 1 is 1.00 bits per heavy atom. The topological polar surface area (TPSA) is 108 Å². The second-order valence-corrected chi connectivity index (χ2v) is 10.9. The third-order valence-corrected chi connectivity index (χ3v) is 8.04. The van der Waals surface area contributed by atoms with Crippen molar-refractivity contribution >= 4 is 35.0 Å². The van der Waals surface area contributed by atoms with E-state index in [-0.39, 0.29) is 5.91 Å². The van der Waals surface area contributed by atoms with Crippen LogP contribution in [-0.2, 0) is 16.0 Å². The predicted octanol–water partition coefficient (Wildman–Crippen LogP) is 4.99. The number of aliphatic hydroxyl groups excluding tert-OH is 3. The van der Waals surface area contributed by atoms with Crippen LogP contribution in [0.4, 0.5) is 5.69 Å². The quantitative estimate of drug-likeness (QED) is 0.254. The van der Waals surface area contributed by atoms with E-state index in [2.05, 4.69) is 5.32 Å². The molecule has 208 valence electrons. The maximum Gasteiger partial charge on any atom is 0.224 e. The van der Waals surface area contributed by atoms with Gasteiger partial charge >= 0.3 is 0 Å². The summed E-state index contributed by atoms with van der Waals surface area (Å²) < 4.78 is 11.7. The maximum atomic E-state index is 11.7. The number of carbonyl (C=O) groups is 1. The first kappa shape index (κ1) is 29.4. The van der Waals surface area contributed by atoms with Gasteiger partial charge in [-0.05, 0) is 66.4 Å². The highest BCUT2D eigenvalue weighted by atomic mass is 35.5. The van der Waals surface area contributed by atoms with Crippen LogP contribution in [0.1, 0.15) is 43.1 Å². The molecule has 1 amide bonds. The largest absolute Gasteiger partial charge is 0.494 e. The van der Waals surface area contributed by atoms with Crippen LogP contribution in [0.3, 0.4) is 0 Å². The zero-order chi connectivity index (χ0) is 27.9. The van der Waals surface area contributed by atoms with Gasteiger partial charge in [0, 0.05) is 27.8 Å². The highest BCUT2D eigenvalue weighted by Gasteiger charge is 2.44. The van der Waals surface area contributed by atoms with Crippen molar-refractivity contribution in [3.8, 4) is 5.75 Å². The van der Waals surface area contributed by atoms with Gasteiger partial charge in [-0.25, -0.2) is 0 Å². The number of ether oxygens (including phenoxy) is 2. The fourth-order valence-corrected chi connectivity index (χ4v) is 5.65. The molecule has 3 aromatic rings. The second-order valence-electron chi connectivity index (χ2n) is 9.41. The lowest BCUT2D eigenvalue weighted by molar-refractivity contribution is -0.218. The molecule has 7 nitrogen and oxygen atoms in total. The number of carbonyl (C=O) groups excluding carboxylic acids is 1. The van der Waals surface area contributed by atoms with Gasteiger partial charge in [0.2, 0.25) is 5.91 Å². The summed E-state index contributed by atoms with van der Waals surface area (Å²) in [7, 11) is 0. The smallest absolute Gasteiger partial charge is 0.224 e. The van der Waals surface area contributed by atoms with E-state index in [1.807, 2.05) is 61.5 Å². The van der Waals surface area contributed by atoms with E-state index in [9.17, 15) is 20.1 Å². The molecule has 0 aliphatic carbocycles. The minimum atomic E-state index is -1.38. The third kappa shape index (κ3) is 7.54. The highest BCUT2D eigenvalue weighted by Crippen LogP contribution is 2.36. The normalized spacial score (nSPS) is 22.9.